The normalized spacial score (nSPS) is 25.2. The molecule has 0 saturated carbocycles. The zero-order valence-electron chi connectivity index (χ0n) is 8.94. The Hall–Kier alpha value is -1.44. The second kappa shape index (κ2) is 4.10. The summed E-state index contributed by atoms with van der Waals surface area (Å²) >= 11 is 0. The van der Waals surface area contributed by atoms with Gasteiger partial charge >= 0.3 is 6.18 Å². The maximum atomic E-state index is 12.4. The van der Waals surface area contributed by atoms with Crippen LogP contribution in [0.2, 0.25) is 0 Å². The summed E-state index contributed by atoms with van der Waals surface area (Å²) in [5.74, 6) is -1.06. The van der Waals surface area contributed by atoms with Crippen LogP contribution in [0.1, 0.15) is 24.1 Å². The second-order valence-electron chi connectivity index (χ2n) is 3.75. The molecule has 2 unspecified atom stereocenters. The van der Waals surface area contributed by atoms with Gasteiger partial charge in [-0.05, 0) is 13.3 Å². The molecule has 94 valence electrons. The molecule has 0 aliphatic carbocycles. The fourth-order valence-electron chi connectivity index (χ4n) is 1.83. The van der Waals surface area contributed by atoms with E-state index in [1.807, 2.05) is 0 Å². The van der Waals surface area contributed by atoms with E-state index in [1.165, 1.54) is 6.92 Å². The lowest BCUT2D eigenvalue weighted by Gasteiger charge is -2.14. The number of carbonyl (C=O) groups excluding carboxylic acids is 1. The van der Waals surface area contributed by atoms with E-state index in [0.29, 0.717) is 19.3 Å². The van der Waals surface area contributed by atoms with Crippen LogP contribution in [0.15, 0.2) is 0 Å². The molecular formula is C9H10F3N3O2. The first kappa shape index (κ1) is 12.0. The third-order valence-corrected chi connectivity index (χ3v) is 2.61. The van der Waals surface area contributed by atoms with Crippen LogP contribution in [0, 0.1) is 6.92 Å². The molecule has 0 bridgehead atoms. The van der Waals surface area contributed by atoms with Crippen molar-refractivity contribution in [2.24, 2.45) is 0 Å². The van der Waals surface area contributed by atoms with Gasteiger partial charge in [-0.15, -0.1) is 5.10 Å². The second-order valence-corrected chi connectivity index (χ2v) is 3.75. The van der Waals surface area contributed by atoms with Crippen LogP contribution in [-0.4, -0.2) is 33.8 Å². The number of hydrogen-bond donors (Lipinski definition) is 0. The quantitative estimate of drug-likeness (QED) is 0.737. The summed E-state index contributed by atoms with van der Waals surface area (Å²) in [5, 5.41) is 3.40. The van der Waals surface area contributed by atoms with Crippen molar-refractivity contribution < 1.29 is 22.7 Å². The number of alkyl halides is 3. The Morgan fingerprint density at radius 2 is 2.24 bits per heavy atom. The van der Waals surface area contributed by atoms with Crippen molar-refractivity contribution in [3.63, 3.8) is 0 Å². The van der Waals surface area contributed by atoms with Crippen molar-refractivity contribution in [1.82, 2.24) is 14.8 Å². The number of ether oxygens (including phenoxy) is 1. The Morgan fingerprint density at radius 1 is 1.53 bits per heavy atom. The van der Waals surface area contributed by atoms with Gasteiger partial charge in [-0.1, -0.05) is 0 Å². The molecule has 0 radical (unpaired) electrons. The first-order chi connectivity index (χ1) is 7.93. The van der Waals surface area contributed by atoms with Crippen molar-refractivity contribution in [2.75, 3.05) is 6.61 Å². The van der Waals surface area contributed by atoms with Gasteiger partial charge in [0.1, 0.15) is 11.9 Å². The molecule has 0 aromatic carbocycles. The highest BCUT2D eigenvalue weighted by atomic mass is 19.4. The van der Waals surface area contributed by atoms with Crippen LogP contribution < -0.4 is 0 Å². The fraction of sp³-hybridized carbons (Fsp3) is 0.667. The molecule has 1 aromatic heterocycles. The summed E-state index contributed by atoms with van der Waals surface area (Å²) in [5.41, 5.74) is 0. The SMILES string of the molecule is Cc1nc(C(F)(F)F)nn1C1CCOC1C=O. The van der Waals surface area contributed by atoms with Gasteiger partial charge in [0, 0.05) is 6.61 Å². The van der Waals surface area contributed by atoms with Gasteiger partial charge < -0.3 is 9.53 Å². The van der Waals surface area contributed by atoms with Crippen molar-refractivity contribution in [1.29, 1.82) is 0 Å². The molecule has 0 amide bonds. The average molecular weight is 249 g/mol. The third kappa shape index (κ3) is 2.17. The summed E-state index contributed by atoms with van der Waals surface area (Å²) in [4.78, 5) is 14.0. The van der Waals surface area contributed by atoms with E-state index in [0.717, 1.165) is 4.68 Å². The Bertz CT molecular complexity index is 430. The highest BCUT2D eigenvalue weighted by molar-refractivity contribution is 5.57. The Morgan fingerprint density at radius 3 is 2.76 bits per heavy atom. The molecule has 17 heavy (non-hydrogen) atoms. The van der Waals surface area contributed by atoms with Crippen LogP contribution in [0.5, 0.6) is 0 Å². The molecule has 2 heterocycles. The van der Waals surface area contributed by atoms with Gasteiger partial charge in [-0.2, -0.15) is 13.2 Å². The standard InChI is InChI=1S/C9H10F3N3O2/c1-5-13-8(9(10,11)12)14-15(5)6-2-3-17-7(6)4-16/h4,6-7H,2-3H2,1H3. The molecular weight excluding hydrogens is 239 g/mol. The number of nitrogens with zero attached hydrogens (tertiary/aromatic N) is 3. The van der Waals surface area contributed by atoms with Gasteiger partial charge in [0.25, 0.3) is 5.82 Å². The Kier molecular flexibility index (Phi) is 2.90. The van der Waals surface area contributed by atoms with Crippen molar-refractivity contribution in [2.45, 2.75) is 31.7 Å². The first-order valence-electron chi connectivity index (χ1n) is 5.00. The van der Waals surface area contributed by atoms with E-state index in [1.54, 1.807) is 0 Å². The zero-order chi connectivity index (χ0) is 12.6. The molecule has 1 aliphatic heterocycles. The molecule has 1 fully saturated rings. The summed E-state index contributed by atoms with van der Waals surface area (Å²) in [7, 11) is 0. The number of aldehydes is 1. The number of hydrogen-bond acceptors (Lipinski definition) is 4. The minimum absolute atomic E-state index is 0.125. The zero-order valence-corrected chi connectivity index (χ0v) is 8.94. The summed E-state index contributed by atoms with van der Waals surface area (Å²) < 4.78 is 43.4. The van der Waals surface area contributed by atoms with Crippen molar-refractivity contribution in [3.8, 4) is 0 Å². The van der Waals surface area contributed by atoms with Gasteiger partial charge in [0.2, 0.25) is 0 Å². The van der Waals surface area contributed by atoms with Crippen LogP contribution in [0.4, 0.5) is 13.2 Å². The first-order valence-corrected chi connectivity index (χ1v) is 5.00. The summed E-state index contributed by atoms with van der Waals surface area (Å²) in [6.07, 6.45) is -4.31. The molecule has 0 N–H and O–H groups in total. The van der Waals surface area contributed by atoms with Gasteiger partial charge in [-0.25, -0.2) is 9.67 Å². The molecule has 2 atom stereocenters. The van der Waals surface area contributed by atoms with E-state index in [4.69, 9.17) is 4.74 Å². The minimum Gasteiger partial charge on any atom is -0.368 e. The van der Waals surface area contributed by atoms with Gasteiger partial charge in [-0.3, -0.25) is 0 Å². The predicted octanol–water partition coefficient (Wildman–Crippen LogP) is 1.13. The lowest BCUT2D eigenvalue weighted by molar-refractivity contribution is -0.145. The van der Waals surface area contributed by atoms with E-state index < -0.39 is 24.1 Å². The molecule has 1 aromatic rings. The molecule has 8 heteroatoms. The number of aromatic nitrogens is 3. The highest BCUT2D eigenvalue weighted by Gasteiger charge is 2.39. The van der Waals surface area contributed by atoms with E-state index in [2.05, 4.69) is 10.1 Å². The molecule has 0 spiro atoms. The predicted molar refractivity (Wildman–Crippen MR) is 49.2 cm³/mol. The molecule has 5 nitrogen and oxygen atoms in total. The average Bonchev–Trinajstić information content (AvgIpc) is 2.81. The van der Waals surface area contributed by atoms with Crippen LogP contribution in [0.25, 0.3) is 0 Å². The Labute approximate surface area is 94.6 Å². The van der Waals surface area contributed by atoms with Crippen LogP contribution in [-0.2, 0) is 15.7 Å². The highest BCUT2D eigenvalue weighted by Crippen LogP contribution is 2.30. The molecule has 1 aliphatic rings. The maximum Gasteiger partial charge on any atom is 0.453 e. The number of rotatable bonds is 2. The molecule has 1 saturated heterocycles. The fourth-order valence-corrected chi connectivity index (χ4v) is 1.83. The van der Waals surface area contributed by atoms with Gasteiger partial charge in [0.15, 0.2) is 6.29 Å². The largest absolute Gasteiger partial charge is 0.453 e. The monoisotopic (exact) mass is 249 g/mol. The number of aryl methyl sites for hydroxylation is 1. The van der Waals surface area contributed by atoms with E-state index >= 15 is 0 Å². The number of carbonyl (C=O) groups is 1. The van der Waals surface area contributed by atoms with E-state index in [-0.39, 0.29) is 5.82 Å². The Balaban J connectivity index is 2.33. The number of halogens is 3. The lowest BCUT2D eigenvalue weighted by atomic mass is 10.1. The van der Waals surface area contributed by atoms with Crippen LogP contribution in [0.3, 0.4) is 0 Å². The van der Waals surface area contributed by atoms with Crippen LogP contribution >= 0.6 is 0 Å². The minimum atomic E-state index is -4.58. The smallest absolute Gasteiger partial charge is 0.368 e. The van der Waals surface area contributed by atoms with E-state index in [9.17, 15) is 18.0 Å². The lowest BCUT2D eigenvalue weighted by Crippen LogP contribution is -2.23. The third-order valence-electron chi connectivity index (χ3n) is 2.61. The summed E-state index contributed by atoms with van der Waals surface area (Å²) in [6.45, 7) is 1.75. The molecule has 2 rings (SSSR count). The van der Waals surface area contributed by atoms with Gasteiger partial charge in [0.05, 0.1) is 6.04 Å². The maximum absolute atomic E-state index is 12.4. The van der Waals surface area contributed by atoms with Crippen molar-refractivity contribution >= 4 is 6.29 Å². The topological polar surface area (TPSA) is 57.0 Å². The van der Waals surface area contributed by atoms with Crippen molar-refractivity contribution in [3.05, 3.63) is 11.6 Å². The summed E-state index contributed by atoms with van der Waals surface area (Å²) in [6, 6.07) is -0.504.